The van der Waals surface area contributed by atoms with Crippen molar-refractivity contribution >= 4 is 16.1 Å². The molecule has 0 unspecified atom stereocenters. The van der Waals surface area contributed by atoms with Gasteiger partial charge >= 0.3 is 5.97 Å². The highest BCUT2D eigenvalue weighted by Crippen LogP contribution is 2.24. The first-order chi connectivity index (χ1) is 11.1. The van der Waals surface area contributed by atoms with Crippen LogP contribution < -0.4 is 4.74 Å². The summed E-state index contributed by atoms with van der Waals surface area (Å²) in [6.45, 7) is 0.806. The smallest absolute Gasteiger partial charge is 0.343 e. The van der Waals surface area contributed by atoms with E-state index in [1.54, 1.807) is 12.1 Å². The average Bonchev–Trinajstić information content (AvgIpc) is 2.45. The molecule has 2 aromatic carbocycles. The average molecular weight is 350 g/mol. The van der Waals surface area contributed by atoms with E-state index >= 15 is 0 Å². The van der Waals surface area contributed by atoms with E-state index in [9.17, 15) is 17.8 Å². The van der Waals surface area contributed by atoms with Crippen LogP contribution in [0.25, 0.3) is 0 Å². The Hall–Kier alpha value is -2.22. The number of para-hydroxylation sites is 1. The first-order valence-electron chi connectivity index (χ1n) is 7.24. The van der Waals surface area contributed by atoms with E-state index in [4.69, 9.17) is 4.74 Å². The maximum Gasteiger partial charge on any atom is 0.343 e. The number of rotatable bonds is 5. The van der Waals surface area contributed by atoms with Crippen LogP contribution in [0.1, 0.15) is 15.9 Å². The molecule has 0 heterocycles. The Morgan fingerprint density at radius 3 is 2.17 bits per heavy atom. The van der Waals surface area contributed by atoms with Crippen molar-refractivity contribution in [3.63, 3.8) is 0 Å². The predicted octanol–water partition coefficient (Wildman–Crippen LogP) is 2.36. The van der Waals surface area contributed by atoms with E-state index in [2.05, 4.69) is 21.1 Å². The Morgan fingerprint density at radius 1 is 1.04 bits per heavy atom. The van der Waals surface area contributed by atoms with Gasteiger partial charge < -0.3 is 9.22 Å². The van der Waals surface area contributed by atoms with Gasteiger partial charge in [0.25, 0.3) is 10.1 Å². The zero-order valence-electron chi connectivity index (χ0n) is 13.8. The first-order valence-corrected chi connectivity index (χ1v) is 8.68. The Balaban J connectivity index is 2.20. The van der Waals surface area contributed by atoms with Crippen molar-refractivity contribution in [2.75, 3.05) is 21.1 Å². The van der Waals surface area contributed by atoms with Crippen LogP contribution in [0.2, 0.25) is 0 Å². The van der Waals surface area contributed by atoms with Crippen LogP contribution >= 0.6 is 0 Å². The predicted molar refractivity (Wildman–Crippen MR) is 89.4 cm³/mol. The highest BCUT2D eigenvalue weighted by molar-refractivity contribution is 7.86. The second kappa shape index (κ2) is 6.72. The van der Waals surface area contributed by atoms with Crippen molar-refractivity contribution in [3.05, 3.63) is 59.7 Å². The molecule has 6 nitrogen and oxygen atoms in total. The normalized spacial score (nSPS) is 12.0. The Labute approximate surface area is 141 Å². The van der Waals surface area contributed by atoms with Gasteiger partial charge in [-0.3, -0.25) is 4.55 Å². The van der Waals surface area contributed by atoms with Crippen molar-refractivity contribution in [3.8, 4) is 5.75 Å². The summed E-state index contributed by atoms with van der Waals surface area (Å²) in [6, 6.07) is 12.3. The third-order valence-corrected chi connectivity index (χ3v) is 4.07. The zero-order valence-corrected chi connectivity index (χ0v) is 14.6. The van der Waals surface area contributed by atoms with Crippen LogP contribution in [0.15, 0.2) is 53.4 Å². The SMILES string of the molecule is C[N+](C)(C)Cc1ccc(C(=O)Oc2ccccc2S(=O)(=O)O)cc1. The van der Waals surface area contributed by atoms with Gasteiger partial charge in [0.05, 0.1) is 26.7 Å². The molecule has 7 heteroatoms. The molecule has 0 aliphatic carbocycles. The van der Waals surface area contributed by atoms with Crippen molar-refractivity contribution in [1.82, 2.24) is 0 Å². The van der Waals surface area contributed by atoms with Gasteiger partial charge in [-0.1, -0.05) is 24.3 Å². The quantitative estimate of drug-likeness (QED) is 0.387. The summed E-state index contributed by atoms with van der Waals surface area (Å²) in [5.74, 6) is -0.900. The molecule has 0 fully saturated rings. The minimum Gasteiger partial charge on any atom is -0.421 e. The van der Waals surface area contributed by atoms with Gasteiger partial charge in [-0.15, -0.1) is 0 Å². The van der Waals surface area contributed by atoms with E-state index in [-0.39, 0.29) is 5.75 Å². The molecule has 0 bridgehead atoms. The number of benzene rings is 2. The van der Waals surface area contributed by atoms with Crippen LogP contribution in [0.3, 0.4) is 0 Å². The Bertz CT molecular complexity index is 836. The van der Waals surface area contributed by atoms with E-state index in [1.165, 1.54) is 24.3 Å². The summed E-state index contributed by atoms with van der Waals surface area (Å²) in [5, 5.41) is 0. The standard InChI is InChI=1S/C17H19NO5S/c1-18(2,3)12-13-8-10-14(11-9-13)17(19)23-15-6-4-5-7-16(15)24(20,21)22/h4-11H,12H2,1-3H3/p+1. The monoisotopic (exact) mass is 350 g/mol. The summed E-state index contributed by atoms with van der Waals surface area (Å²) in [4.78, 5) is 11.7. The highest BCUT2D eigenvalue weighted by atomic mass is 32.2. The lowest BCUT2D eigenvalue weighted by Crippen LogP contribution is -2.33. The fraction of sp³-hybridized carbons (Fsp3) is 0.235. The lowest BCUT2D eigenvalue weighted by molar-refractivity contribution is -0.884. The third kappa shape index (κ3) is 4.89. The number of quaternary nitrogens is 1. The van der Waals surface area contributed by atoms with E-state index in [1.807, 2.05) is 12.1 Å². The van der Waals surface area contributed by atoms with Gasteiger partial charge in [-0.25, -0.2) is 4.79 Å². The van der Waals surface area contributed by atoms with Crippen molar-refractivity contribution in [1.29, 1.82) is 0 Å². The number of hydrogen-bond donors (Lipinski definition) is 1. The third-order valence-electron chi connectivity index (χ3n) is 3.18. The molecule has 2 aromatic rings. The van der Waals surface area contributed by atoms with Crippen LogP contribution in [0.4, 0.5) is 0 Å². The molecule has 1 N–H and O–H groups in total. The lowest BCUT2D eigenvalue weighted by Gasteiger charge is -2.23. The van der Waals surface area contributed by atoms with Gasteiger partial charge in [0.15, 0.2) is 5.75 Å². The molecular formula is C17H20NO5S+. The molecule has 0 amide bonds. The lowest BCUT2D eigenvalue weighted by atomic mass is 10.1. The van der Waals surface area contributed by atoms with E-state index in [0.29, 0.717) is 5.56 Å². The second-order valence-electron chi connectivity index (χ2n) is 6.46. The molecule has 128 valence electrons. The molecule has 0 spiro atoms. The number of nitrogens with zero attached hydrogens (tertiary/aromatic N) is 1. The van der Waals surface area contributed by atoms with Gasteiger partial charge in [0.1, 0.15) is 11.4 Å². The highest BCUT2D eigenvalue weighted by Gasteiger charge is 2.19. The number of carbonyl (C=O) groups is 1. The summed E-state index contributed by atoms with van der Waals surface area (Å²) in [6.07, 6.45) is 0. The van der Waals surface area contributed by atoms with Crippen LogP contribution in [-0.4, -0.2) is 44.6 Å². The maximum atomic E-state index is 12.2. The number of ether oxygens (including phenoxy) is 1. The molecule has 0 aliphatic heterocycles. The molecule has 0 radical (unpaired) electrons. The molecular weight excluding hydrogens is 330 g/mol. The van der Waals surface area contributed by atoms with Crippen molar-refractivity contribution < 1.29 is 27.0 Å². The molecule has 0 saturated carbocycles. The van der Waals surface area contributed by atoms with E-state index in [0.717, 1.165) is 16.6 Å². The van der Waals surface area contributed by atoms with Crippen LogP contribution in [0, 0.1) is 0 Å². The first kappa shape index (κ1) is 18.1. The summed E-state index contributed by atoms with van der Waals surface area (Å²) in [5.41, 5.74) is 1.36. The van der Waals surface area contributed by atoms with Gasteiger partial charge in [0.2, 0.25) is 0 Å². The van der Waals surface area contributed by atoms with Crippen molar-refractivity contribution in [2.45, 2.75) is 11.4 Å². The fourth-order valence-corrected chi connectivity index (χ4v) is 2.81. The zero-order chi connectivity index (χ0) is 18.0. The molecule has 24 heavy (non-hydrogen) atoms. The summed E-state index contributed by atoms with van der Waals surface area (Å²) >= 11 is 0. The van der Waals surface area contributed by atoms with Gasteiger partial charge in [-0.2, -0.15) is 8.42 Å². The Kier molecular flexibility index (Phi) is 5.08. The fourth-order valence-electron chi connectivity index (χ4n) is 2.20. The number of hydrogen-bond acceptors (Lipinski definition) is 4. The largest absolute Gasteiger partial charge is 0.421 e. The summed E-state index contributed by atoms with van der Waals surface area (Å²) in [7, 11) is 1.72. The van der Waals surface area contributed by atoms with Crippen LogP contribution in [-0.2, 0) is 16.7 Å². The number of carbonyl (C=O) groups excluding carboxylic acids is 1. The Morgan fingerprint density at radius 2 is 1.62 bits per heavy atom. The number of esters is 1. The van der Waals surface area contributed by atoms with Crippen LogP contribution in [0.5, 0.6) is 5.75 Å². The topological polar surface area (TPSA) is 80.7 Å². The van der Waals surface area contributed by atoms with E-state index < -0.39 is 21.0 Å². The molecule has 0 aromatic heterocycles. The minimum atomic E-state index is -4.47. The molecule has 2 rings (SSSR count). The molecule has 0 atom stereocenters. The summed E-state index contributed by atoms with van der Waals surface area (Å²) < 4.78 is 37.7. The minimum absolute atomic E-state index is 0.208. The maximum absolute atomic E-state index is 12.2. The second-order valence-corrected chi connectivity index (χ2v) is 7.85. The van der Waals surface area contributed by atoms with Gasteiger partial charge in [0, 0.05) is 5.56 Å². The molecule has 0 aliphatic rings. The van der Waals surface area contributed by atoms with Crippen molar-refractivity contribution in [2.24, 2.45) is 0 Å². The van der Waals surface area contributed by atoms with Gasteiger partial charge in [-0.05, 0) is 24.3 Å². The molecule has 0 saturated heterocycles.